The van der Waals surface area contributed by atoms with Crippen LogP contribution >= 0.6 is 11.6 Å². The Bertz CT molecular complexity index is 553. The van der Waals surface area contributed by atoms with Crippen molar-refractivity contribution in [1.29, 1.82) is 0 Å². The molecule has 3 rings (SSSR count). The zero-order chi connectivity index (χ0) is 11.1. The molecule has 1 aliphatic carbocycles. The summed E-state index contributed by atoms with van der Waals surface area (Å²) in [7, 11) is 0. The molecule has 0 bridgehead atoms. The van der Waals surface area contributed by atoms with Crippen LogP contribution in [0.3, 0.4) is 0 Å². The number of pyridine rings is 1. The lowest BCUT2D eigenvalue weighted by Crippen LogP contribution is -2.12. The Morgan fingerprint density at radius 3 is 3.00 bits per heavy atom. The molecule has 1 atom stereocenters. The maximum atomic E-state index is 9.92. The minimum absolute atomic E-state index is 0.453. The molecule has 2 aromatic rings. The van der Waals surface area contributed by atoms with Crippen molar-refractivity contribution in [2.75, 3.05) is 0 Å². The highest BCUT2D eigenvalue weighted by atomic mass is 35.5. The molecule has 3 heteroatoms. The van der Waals surface area contributed by atoms with Crippen molar-refractivity contribution in [3.63, 3.8) is 0 Å². The van der Waals surface area contributed by atoms with E-state index in [9.17, 15) is 5.11 Å². The molecule has 0 saturated carbocycles. The van der Waals surface area contributed by atoms with Crippen molar-refractivity contribution < 1.29 is 5.11 Å². The lowest BCUT2D eigenvalue weighted by atomic mass is 9.92. The number of halogens is 1. The predicted molar refractivity (Wildman–Crippen MR) is 64.7 cm³/mol. The highest BCUT2D eigenvalue weighted by Crippen LogP contribution is 2.36. The van der Waals surface area contributed by atoms with Crippen molar-refractivity contribution in [1.82, 2.24) is 4.98 Å². The molecule has 1 aromatic heterocycles. The summed E-state index contributed by atoms with van der Waals surface area (Å²) in [5.74, 6) is 0. The van der Waals surface area contributed by atoms with Crippen molar-refractivity contribution in [2.24, 2.45) is 0 Å². The lowest BCUT2D eigenvalue weighted by Gasteiger charge is -2.22. The van der Waals surface area contributed by atoms with Gasteiger partial charge in [-0.25, -0.2) is 4.98 Å². The van der Waals surface area contributed by atoms with Crippen molar-refractivity contribution in [2.45, 2.75) is 25.4 Å². The van der Waals surface area contributed by atoms with Crippen LogP contribution in [0.4, 0.5) is 0 Å². The second-order valence-corrected chi connectivity index (χ2v) is 4.59. The fraction of sp³-hybridized carbons (Fsp3) is 0.308. The highest BCUT2D eigenvalue weighted by molar-refractivity contribution is 6.36. The number of aromatic nitrogens is 1. The first kappa shape index (κ1) is 10.1. The van der Waals surface area contributed by atoms with E-state index in [1.807, 2.05) is 24.3 Å². The van der Waals surface area contributed by atoms with Gasteiger partial charge in [-0.05, 0) is 30.9 Å². The Kier molecular flexibility index (Phi) is 2.34. The smallest absolute Gasteiger partial charge is 0.0963 e. The van der Waals surface area contributed by atoms with E-state index in [1.54, 1.807) is 0 Å². The summed E-state index contributed by atoms with van der Waals surface area (Å²) >= 11 is 6.37. The van der Waals surface area contributed by atoms with Crippen LogP contribution in [0.15, 0.2) is 24.3 Å². The van der Waals surface area contributed by atoms with Crippen LogP contribution in [0, 0.1) is 0 Å². The van der Waals surface area contributed by atoms with Crippen LogP contribution in [-0.4, -0.2) is 10.1 Å². The zero-order valence-corrected chi connectivity index (χ0v) is 9.54. The van der Waals surface area contributed by atoms with Gasteiger partial charge in [0, 0.05) is 5.39 Å². The molecule has 1 unspecified atom stereocenters. The van der Waals surface area contributed by atoms with E-state index in [2.05, 4.69) is 4.98 Å². The Morgan fingerprint density at radius 1 is 1.31 bits per heavy atom. The number of fused-ring (bicyclic) bond motifs is 2. The fourth-order valence-electron chi connectivity index (χ4n) is 2.35. The SMILES string of the molecule is OC1CCCc2c1nc1ccccc1c2Cl. The van der Waals surface area contributed by atoms with E-state index in [4.69, 9.17) is 11.6 Å². The molecule has 0 amide bonds. The fourth-order valence-corrected chi connectivity index (χ4v) is 2.70. The summed E-state index contributed by atoms with van der Waals surface area (Å²) in [6, 6.07) is 7.81. The van der Waals surface area contributed by atoms with Gasteiger partial charge in [-0.15, -0.1) is 0 Å². The van der Waals surface area contributed by atoms with Gasteiger partial charge < -0.3 is 5.11 Å². The van der Waals surface area contributed by atoms with Crippen LogP contribution in [0.1, 0.15) is 30.2 Å². The van der Waals surface area contributed by atoms with Crippen molar-refractivity contribution >= 4 is 22.5 Å². The first-order valence-electron chi connectivity index (χ1n) is 5.52. The minimum atomic E-state index is -0.453. The number of nitrogens with zero attached hydrogens (tertiary/aromatic N) is 1. The largest absolute Gasteiger partial charge is 0.387 e. The molecule has 1 N–H and O–H groups in total. The van der Waals surface area contributed by atoms with Crippen LogP contribution < -0.4 is 0 Å². The molecule has 0 aliphatic heterocycles. The van der Waals surface area contributed by atoms with E-state index < -0.39 is 6.10 Å². The Labute approximate surface area is 98.9 Å². The molecule has 0 radical (unpaired) electrons. The maximum Gasteiger partial charge on any atom is 0.0963 e. The molecular formula is C13H12ClNO. The molecule has 0 fully saturated rings. The molecule has 1 aliphatic rings. The topological polar surface area (TPSA) is 33.1 Å². The minimum Gasteiger partial charge on any atom is -0.387 e. The van der Waals surface area contributed by atoms with E-state index in [0.29, 0.717) is 0 Å². The van der Waals surface area contributed by atoms with Gasteiger partial charge in [0.15, 0.2) is 0 Å². The summed E-state index contributed by atoms with van der Waals surface area (Å²) in [6.07, 6.45) is 2.23. The first-order valence-corrected chi connectivity index (χ1v) is 5.90. The third-order valence-electron chi connectivity index (χ3n) is 3.18. The third-order valence-corrected chi connectivity index (χ3v) is 3.61. The van der Waals surface area contributed by atoms with E-state index in [1.165, 1.54) is 0 Å². The van der Waals surface area contributed by atoms with Gasteiger partial charge in [0.25, 0.3) is 0 Å². The Hall–Kier alpha value is -1.12. The van der Waals surface area contributed by atoms with Crippen LogP contribution in [0.5, 0.6) is 0 Å². The Morgan fingerprint density at radius 2 is 2.12 bits per heavy atom. The lowest BCUT2D eigenvalue weighted by molar-refractivity contribution is 0.152. The summed E-state index contributed by atoms with van der Waals surface area (Å²) < 4.78 is 0. The third kappa shape index (κ3) is 1.41. The average molecular weight is 234 g/mol. The molecule has 0 saturated heterocycles. The summed E-state index contributed by atoms with van der Waals surface area (Å²) in [5.41, 5.74) is 2.67. The van der Waals surface area contributed by atoms with Gasteiger partial charge in [0.05, 0.1) is 22.3 Å². The number of rotatable bonds is 0. The molecule has 1 heterocycles. The zero-order valence-electron chi connectivity index (χ0n) is 8.78. The molecule has 16 heavy (non-hydrogen) atoms. The van der Waals surface area contributed by atoms with Crippen molar-refractivity contribution in [3.05, 3.63) is 40.5 Å². The molecule has 1 aromatic carbocycles. The first-order chi connectivity index (χ1) is 7.77. The second kappa shape index (κ2) is 3.72. The predicted octanol–water partition coefficient (Wildman–Crippen LogP) is 3.26. The number of para-hydroxylation sites is 1. The second-order valence-electron chi connectivity index (χ2n) is 4.21. The number of hydrogen-bond donors (Lipinski definition) is 1. The molecule has 82 valence electrons. The normalized spacial score (nSPS) is 19.8. The molecule has 2 nitrogen and oxygen atoms in total. The maximum absolute atomic E-state index is 9.92. The van der Waals surface area contributed by atoms with E-state index in [0.717, 1.165) is 46.4 Å². The van der Waals surface area contributed by atoms with Crippen molar-refractivity contribution in [3.8, 4) is 0 Å². The molecular weight excluding hydrogens is 222 g/mol. The number of hydrogen-bond acceptors (Lipinski definition) is 2. The van der Waals surface area contributed by atoms with Gasteiger partial charge in [-0.2, -0.15) is 0 Å². The van der Waals surface area contributed by atoms with E-state index >= 15 is 0 Å². The Balaban J connectivity index is 2.36. The summed E-state index contributed by atoms with van der Waals surface area (Å²) in [4.78, 5) is 4.52. The monoisotopic (exact) mass is 233 g/mol. The van der Waals surface area contributed by atoms with Crippen LogP contribution in [0.2, 0.25) is 5.02 Å². The summed E-state index contributed by atoms with van der Waals surface area (Å²) in [6.45, 7) is 0. The van der Waals surface area contributed by atoms with Gasteiger partial charge in [0.1, 0.15) is 0 Å². The molecule has 0 spiro atoms. The van der Waals surface area contributed by atoms with E-state index in [-0.39, 0.29) is 0 Å². The highest BCUT2D eigenvalue weighted by Gasteiger charge is 2.23. The van der Waals surface area contributed by atoms with Gasteiger partial charge >= 0.3 is 0 Å². The number of benzene rings is 1. The van der Waals surface area contributed by atoms with Gasteiger partial charge in [-0.1, -0.05) is 29.8 Å². The van der Waals surface area contributed by atoms with Gasteiger partial charge in [0.2, 0.25) is 0 Å². The number of aliphatic hydroxyl groups is 1. The number of aliphatic hydroxyl groups excluding tert-OH is 1. The average Bonchev–Trinajstić information content (AvgIpc) is 2.31. The van der Waals surface area contributed by atoms with Crippen LogP contribution in [0.25, 0.3) is 10.9 Å². The van der Waals surface area contributed by atoms with Crippen LogP contribution in [-0.2, 0) is 6.42 Å². The summed E-state index contributed by atoms with van der Waals surface area (Å²) in [5, 5.41) is 11.7. The van der Waals surface area contributed by atoms with Gasteiger partial charge in [-0.3, -0.25) is 0 Å². The quantitative estimate of drug-likeness (QED) is 0.758. The standard InChI is InChI=1S/C13H12ClNO/c14-12-8-4-1-2-6-10(8)15-13-9(12)5-3-7-11(13)16/h1-2,4,6,11,16H,3,5,7H2.